The highest BCUT2D eigenvalue weighted by Crippen LogP contribution is 2.34. The lowest BCUT2D eigenvalue weighted by Gasteiger charge is -2.17. The molecule has 0 atom stereocenters. The minimum absolute atomic E-state index is 0.223. The second kappa shape index (κ2) is 11.0. The van der Waals surface area contributed by atoms with E-state index in [2.05, 4.69) is 17.2 Å². The van der Waals surface area contributed by atoms with Gasteiger partial charge in [-0.3, -0.25) is 9.59 Å². The summed E-state index contributed by atoms with van der Waals surface area (Å²) < 4.78 is 22.5. The maximum Gasteiger partial charge on any atom is 0.221 e. The first-order chi connectivity index (χ1) is 14.7. The van der Waals surface area contributed by atoms with Crippen LogP contribution in [0.2, 0.25) is 0 Å². The third-order valence-electron chi connectivity index (χ3n) is 4.13. The monoisotopic (exact) mass is 409 g/mol. The molecular formula is C23H23NO6. The highest BCUT2D eigenvalue weighted by molar-refractivity contribution is 5.91. The molecule has 0 radical (unpaired) electrons. The minimum atomic E-state index is -0.223. The van der Waals surface area contributed by atoms with E-state index in [9.17, 15) is 9.59 Å². The molecule has 7 heteroatoms. The van der Waals surface area contributed by atoms with Crippen molar-refractivity contribution in [1.82, 2.24) is 0 Å². The van der Waals surface area contributed by atoms with Gasteiger partial charge in [0, 0.05) is 30.2 Å². The van der Waals surface area contributed by atoms with Crippen LogP contribution in [0.3, 0.4) is 0 Å². The summed E-state index contributed by atoms with van der Waals surface area (Å²) in [6.45, 7) is 3.93. The topological polar surface area (TPSA) is 83.1 Å². The average molecular weight is 409 g/mol. The van der Waals surface area contributed by atoms with Gasteiger partial charge in [-0.1, -0.05) is 24.0 Å². The zero-order valence-corrected chi connectivity index (χ0v) is 16.7. The van der Waals surface area contributed by atoms with Crippen molar-refractivity contribution >= 4 is 17.9 Å². The zero-order valence-electron chi connectivity index (χ0n) is 16.7. The third kappa shape index (κ3) is 6.34. The van der Waals surface area contributed by atoms with Crippen molar-refractivity contribution in [2.45, 2.75) is 6.92 Å². The molecule has 0 saturated heterocycles. The van der Waals surface area contributed by atoms with Crippen LogP contribution >= 0.6 is 0 Å². The normalized spacial score (nSPS) is 14.3. The van der Waals surface area contributed by atoms with Gasteiger partial charge in [-0.2, -0.15) is 0 Å². The fourth-order valence-electron chi connectivity index (χ4n) is 2.71. The lowest BCUT2D eigenvalue weighted by atomic mass is 10.1. The number of carbonyl (C=O) groups is 2. The van der Waals surface area contributed by atoms with E-state index in [4.69, 9.17) is 18.9 Å². The standard InChI is InChI=1S/C23H23NO6/c1-17(26)24-21-15-23-22(29-12-10-27-8-9-28-11-13-30-23)14-20(21)7-6-18-2-4-19(16-25)5-3-18/h2-5,14-16H,8-13H2,1H3,(H,24,26). The molecule has 0 aromatic heterocycles. The number of benzene rings is 2. The van der Waals surface area contributed by atoms with Gasteiger partial charge in [0.05, 0.1) is 37.7 Å². The maximum absolute atomic E-state index is 11.7. The zero-order chi connectivity index (χ0) is 21.2. The van der Waals surface area contributed by atoms with Crippen LogP contribution in [0.15, 0.2) is 36.4 Å². The largest absolute Gasteiger partial charge is 0.487 e. The van der Waals surface area contributed by atoms with Crippen LogP contribution in [0.5, 0.6) is 11.5 Å². The van der Waals surface area contributed by atoms with Gasteiger partial charge in [0.25, 0.3) is 0 Å². The minimum Gasteiger partial charge on any atom is -0.487 e. The van der Waals surface area contributed by atoms with Gasteiger partial charge in [-0.15, -0.1) is 0 Å². The van der Waals surface area contributed by atoms with E-state index in [0.717, 1.165) is 11.8 Å². The van der Waals surface area contributed by atoms with Gasteiger partial charge in [0.2, 0.25) is 5.91 Å². The summed E-state index contributed by atoms with van der Waals surface area (Å²) in [6, 6.07) is 10.4. The van der Waals surface area contributed by atoms with E-state index in [1.165, 1.54) is 6.92 Å². The number of amides is 1. The molecule has 3 rings (SSSR count). The Labute approximate surface area is 175 Å². The molecule has 0 saturated carbocycles. The van der Waals surface area contributed by atoms with Gasteiger partial charge in [-0.05, 0) is 12.1 Å². The predicted octanol–water partition coefficient (Wildman–Crippen LogP) is 2.66. The number of ether oxygens (including phenoxy) is 4. The molecular weight excluding hydrogens is 386 g/mol. The van der Waals surface area contributed by atoms with E-state index in [0.29, 0.717) is 68.0 Å². The molecule has 0 unspecified atom stereocenters. The van der Waals surface area contributed by atoms with Crippen LogP contribution in [0.4, 0.5) is 5.69 Å². The van der Waals surface area contributed by atoms with E-state index in [1.54, 1.807) is 36.4 Å². The summed E-state index contributed by atoms with van der Waals surface area (Å²) in [5.41, 5.74) is 2.42. The molecule has 1 aliphatic rings. The number of hydrogen-bond donors (Lipinski definition) is 1. The van der Waals surface area contributed by atoms with Crippen molar-refractivity contribution < 1.29 is 28.5 Å². The van der Waals surface area contributed by atoms with Crippen molar-refractivity contribution in [2.75, 3.05) is 45.0 Å². The highest BCUT2D eigenvalue weighted by Gasteiger charge is 2.13. The summed E-state index contributed by atoms with van der Waals surface area (Å²) in [6.07, 6.45) is 0.780. The molecule has 2 aromatic carbocycles. The molecule has 1 heterocycles. The molecule has 0 bridgehead atoms. The van der Waals surface area contributed by atoms with Crippen molar-refractivity contribution in [3.05, 3.63) is 53.1 Å². The Balaban J connectivity index is 1.93. The summed E-state index contributed by atoms with van der Waals surface area (Å²) in [5, 5.41) is 2.79. The molecule has 156 valence electrons. The van der Waals surface area contributed by atoms with Crippen LogP contribution in [0.25, 0.3) is 0 Å². The first kappa shape index (κ1) is 21.4. The maximum atomic E-state index is 11.7. The second-order valence-electron chi connectivity index (χ2n) is 6.44. The summed E-state index contributed by atoms with van der Waals surface area (Å²) in [7, 11) is 0. The molecule has 0 aliphatic carbocycles. The summed E-state index contributed by atoms with van der Waals surface area (Å²) >= 11 is 0. The highest BCUT2D eigenvalue weighted by atomic mass is 16.6. The Hall–Kier alpha value is -3.34. The summed E-state index contributed by atoms with van der Waals surface area (Å²) in [4.78, 5) is 22.5. The van der Waals surface area contributed by atoms with Crippen molar-refractivity contribution in [3.63, 3.8) is 0 Å². The third-order valence-corrected chi connectivity index (χ3v) is 4.13. The number of nitrogens with one attached hydrogen (secondary N) is 1. The molecule has 1 aliphatic heterocycles. The molecule has 1 amide bonds. The van der Waals surface area contributed by atoms with E-state index in [-0.39, 0.29) is 5.91 Å². The predicted molar refractivity (Wildman–Crippen MR) is 111 cm³/mol. The SMILES string of the molecule is CC(=O)Nc1cc2c(cc1C#Cc1ccc(C=O)cc1)OCCOCCOCCO2. The number of carbonyl (C=O) groups excluding carboxylic acids is 2. The molecule has 30 heavy (non-hydrogen) atoms. The van der Waals surface area contributed by atoms with Gasteiger partial charge < -0.3 is 24.3 Å². The first-order valence-electron chi connectivity index (χ1n) is 9.59. The number of hydrogen-bond acceptors (Lipinski definition) is 6. The number of fused-ring (bicyclic) bond motifs is 1. The number of aldehydes is 1. The molecule has 2 aromatic rings. The molecule has 7 nitrogen and oxygen atoms in total. The van der Waals surface area contributed by atoms with Gasteiger partial charge >= 0.3 is 0 Å². The van der Waals surface area contributed by atoms with Crippen molar-refractivity contribution in [3.8, 4) is 23.3 Å². The van der Waals surface area contributed by atoms with Crippen LogP contribution in [0, 0.1) is 11.8 Å². The quantitative estimate of drug-likeness (QED) is 0.607. The van der Waals surface area contributed by atoms with Crippen molar-refractivity contribution in [1.29, 1.82) is 0 Å². The smallest absolute Gasteiger partial charge is 0.221 e. The molecule has 0 spiro atoms. The lowest BCUT2D eigenvalue weighted by Crippen LogP contribution is -2.16. The van der Waals surface area contributed by atoms with Crippen LogP contribution in [-0.4, -0.2) is 51.8 Å². The Morgan fingerprint density at radius 3 is 2.10 bits per heavy atom. The van der Waals surface area contributed by atoms with E-state index < -0.39 is 0 Å². The van der Waals surface area contributed by atoms with Crippen molar-refractivity contribution in [2.24, 2.45) is 0 Å². The first-order valence-corrected chi connectivity index (χ1v) is 9.59. The Morgan fingerprint density at radius 2 is 1.50 bits per heavy atom. The Kier molecular flexibility index (Phi) is 7.84. The number of rotatable bonds is 2. The fourth-order valence-corrected chi connectivity index (χ4v) is 2.71. The molecule has 1 N–H and O–H groups in total. The second-order valence-corrected chi connectivity index (χ2v) is 6.44. The van der Waals surface area contributed by atoms with Crippen LogP contribution < -0.4 is 14.8 Å². The van der Waals surface area contributed by atoms with Gasteiger partial charge in [0.1, 0.15) is 19.5 Å². The Morgan fingerprint density at radius 1 is 0.900 bits per heavy atom. The van der Waals surface area contributed by atoms with Crippen LogP contribution in [0.1, 0.15) is 28.4 Å². The number of anilines is 1. The summed E-state index contributed by atoms with van der Waals surface area (Å²) in [5.74, 6) is 6.88. The van der Waals surface area contributed by atoms with Gasteiger partial charge in [0.15, 0.2) is 11.5 Å². The van der Waals surface area contributed by atoms with Gasteiger partial charge in [-0.25, -0.2) is 0 Å². The van der Waals surface area contributed by atoms with E-state index >= 15 is 0 Å². The Bertz CT molecular complexity index is 943. The lowest BCUT2D eigenvalue weighted by molar-refractivity contribution is -0.114. The van der Waals surface area contributed by atoms with E-state index in [1.807, 2.05) is 0 Å². The average Bonchev–Trinajstić information content (AvgIpc) is 2.73. The molecule has 0 fully saturated rings. The van der Waals surface area contributed by atoms with Crippen LogP contribution in [-0.2, 0) is 14.3 Å². The fraction of sp³-hybridized carbons (Fsp3) is 0.304.